The van der Waals surface area contributed by atoms with E-state index in [0.29, 0.717) is 18.4 Å². The van der Waals surface area contributed by atoms with Crippen LogP contribution in [0.5, 0.6) is 0 Å². The Morgan fingerprint density at radius 1 is 0.743 bits per heavy atom. The third-order valence-corrected chi connectivity index (χ3v) is 4.44. The Kier molecular flexibility index (Phi) is 13.4. The first-order chi connectivity index (χ1) is 15.9. The summed E-state index contributed by atoms with van der Waals surface area (Å²) in [6.07, 6.45) is -8.45. The van der Waals surface area contributed by atoms with E-state index < -0.39 is 23.5 Å². The summed E-state index contributed by atoms with van der Waals surface area (Å²) in [5.74, 6) is 1.67. The summed E-state index contributed by atoms with van der Waals surface area (Å²) in [4.78, 5) is 0. The molecule has 0 saturated heterocycles. The zero-order chi connectivity index (χ0) is 27.6. The molecule has 0 fully saturated rings. The fraction of sp³-hybridized carbons (Fsp3) is 0.517. The molecule has 198 valence electrons. The van der Waals surface area contributed by atoms with Crippen LogP contribution in [0.4, 0.5) is 26.3 Å². The van der Waals surface area contributed by atoms with Crippen LogP contribution in [-0.4, -0.2) is 0 Å². The molecule has 0 unspecified atom stereocenters. The monoisotopic (exact) mass is 502 g/mol. The smallest absolute Gasteiger partial charge is 0.166 e. The Bertz CT molecular complexity index is 887. The molecule has 0 bridgehead atoms. The van der Waals surface area contributed by atoms with Crippen molar-refractivity contribution in [2.75, 3.05) is 0 Å². The molecule has 0 heterocycles. The number of aryl methyl sites for hydroxylation is 1. The van der Waals surface area contributed by atoms with Crippen molar-refractivity contribution in [1.82, 2.24) is 0 Å². The Morgan fingerprint density at radius 3 is 1.49 bits per heavy atom. The number of hydrogen-bond acceptors (Lipinski definition) is 0. The summed E-state index contributed by atoms with van der Waals surface area (Å²) < 4.78 is 78.9. The van der Waals surface area contributed by atoms with Crippen LogP contribution in [0, 0.1) is 18.8 Å². The summed E-state index contributed by atoms with van der Waals surface area (Å²) in [7, 11) is 0. The van der Waals surface area contributed by atoms with Crippen LogP contribution in [0.25, 0.3) is 11.1 Å². The van der Waals surface area contributed by atoms with Gasteiger partial charge in [0, 0.05) is 0 Å². The second kappa shape index (κ2) is 14.4. The van der Waals surface area contributed by atoms with Gasteiger partial charge in [-0.05, 0) is 78.1 Å². The quantitative estimate of drug-likeness (QED) is 0.288. The zero-order valence-electron chi connectivity index (χ0n) is 22.4. The molecule has 0 aromatic heterocycles. The number of halogens is 6. The van der Waals surface area contributed by atoms with Crippen molar-refractivity contribution in [3.8, 4) is 0 Å². The summed E-state index contributed by atoms with van der Waals surface area (Å²) >= 11 is 0. The van der Waals surface area contributed by atoms with E-state index in [1.54, 1.807) is 13.0 Å². The second-order valence-electron chi connectivity index (χ2n) is 9.93. The molecule has 0 atom stereocenters. The molecule has 0 nitrogen and oxygen atoms in total. The lowest BCUT2D eigenvalue weighted by molar-refractivity contribution is -0.143. The maximum atomic E-state index is 13.2. The Balaban J connectivity index is 0.00000126. The van der Waals surface area contributed by atoms with Gasteiger partial charge in [0.05, 0.1) is 11.1 Å². The van der Waals surface area contributed by atoms with Gasteiger partial charge < -0.3 is 0 Å². The van der Waals surface area contributed by atoms with Crippen LogP contribution in [-0.2, 0) is 12.4 Å². The lowest BCUT2D eigenvalue weighted by atomic mass is 9.89. The van der Waals surface area contributed by atoms with E-state index in [4.69, 9.17) is 0 Å². The summed E-state index contributed by atoms with van der Waals surface area (Å²) in [5, 5.41) is 0. The van der Waals surface area contributed by atoms with E-state index in [2.05, 4.69) is 41.5 Å². The van der Waals surface area contributed by atoms with Gasteiger partial charge in [0.15, 0.2) is 0 Å². The molecule has 2 rings (SSSR count). The van der Waals surface area contributed by atoms with Crippen molar-refractivity contribution in [2.24, 2.45) is 11.8 Å². The Morgan fingerprint density at radius 2 is 1.14 bits per heavy atom. The number of allylic oxidation sites excluding steroid dienone is 2. The molecule has 6 heteroatoms. The average Bonchev–Trinajstić information content (AvgIpc) is 2.70. The average molecular weight is 503 g/mol. The highest BCUT2D eigenvalue weighted by molar-refractivity contribution is 5.91. The molecule has 0 saturated carbocycles. The van der Waals surface area contributed by atoms with E-state index in [9.17, 15) is 26.3 Å². The highest BCUT2D eigenvalue weighted by Gasteiger charge is 2.37. The van der Waals surface area contributed by atoms with Gasteiger partial charge in [-0.2, -0.15) is 26.3 Å². The Labute approximate surface area is 207 Å². The van der Waals surface area contributed by atoms with Gasteiger partial charge in [-0.25, -0.2) is 0 Å². The summed E-state index contributed by atoms with van der Waals surface area (Å²) in [5.41, 5.74) is 0.264. The van der Waals surface area contributed by atoms with Crippen molar-refractivity contribution in [1.29, 1.82) is 0 Å². The topological polar surface area (TPSA) is 0 Å². The number of rotatable bonds is 4. The van der Waals surface area contributed by atoms with Crippen molar-refractivity contribution >= 4 is 11.1 Å². The van der Waals surface area contributed by atoms with Crippen LogP contribution < -0.4 is 0 Å². The maximum Gasteiger partial charge on any atom is 0.416 e. The minimum absolute atomic E-state index is 0.0659. The highest BCUT2D eigenvalue weighted by Crippen LogP contribution is 2.39. The van der Waals surface area contributed by atoms with Gasteiger partial charge >= 0.3 is 12.4 Å². The fourth-order valence-corrected chi connectivity index (χ4v) is 3.03. The van der Waals surface area contributed by atoms with Crippen LogP contribution in [0.2, 0.25) is 0 Å². The first-order valence-electron chi connectivity index (χ1n) is 12.0. The predicted octanol–water partition coefficient (Wildman–Crippen LogP) is 11.1. The third kappa shape index (κ3) is 12.3. The van der Waals surface area contributed by atoms with E-state index in [1.807, 2.05) is 32.0 Å². The molecule has 0 radical (unpaired) electrons. The van der Waals surface area contributed by atoms with E-state index in [-0.39, 0.29) is 11.6 Å². The molecule has 0 amide bonds. The van der Waals surface area contributed by atoms with Gasteiger partial charge in [-0.3, -0.25) is 0 Å². The molecule has 0 aliphatic rings. The second-order valence-corrected chi connectivity index (χ2v) is 9.93. The van der Waals surface area contributed by atoms with E-state index >= 15 is 0 Å². The normalized spacial score (nSPS) is 12.5. The van der Waals surface area contributed by atoms with Crippen molar-refractivity contribution in [2.45, 2.75) is 87.5 Å². The van der Waals surface area contributed by atoms with E-state index in [0.717, 1.165) is 40.7 Å². The fourth-order valence-electron chi connectivity index (χ4n) is 3.03. The number of hydrogen-bond donors (Lipinski definition) is 0. The third-order valence-electron chi connectivity index (χ3n) is 4.44. The van der Waals surface area contributed by atoms with Gasteiger partial charge in [-0.1, -0.05) is 79.2 Å². The molecular formula is C29H40F6. The molecule has 2 aromatic rings. The minimum atomic E-state index is -4.86. The van der Waals surface area contributed by atoms with Crippen LogP contribution in [0.1, 0.15) is 96.0 Å². The van der Waals surface area contributed by atoms with Crippen LogP contribution in [0.3, 0.4) is 0 Å². The standard InChI is InChI=1S/C21H20F6.2C4H10/c1-4-7-19(18-9-6-5-8-13(18)2)14(3)15-10-16(20(22,23)24)12-17(11-15)21(25,26)27;2*1-4(2)3/h5-6,8-12H,4,7H2,1-3H3;2*4H,1-3H3/b19-14+;;. The summed E-state index contributed by atoms with van der Waals surface area (Å²) in [6.45, 7) is 18.4. The minimum Gasteiger partial charge on any atom is -0.166 e. The summed E-state index contributed by atoms with van der Waals surface area (Å²) in [6, 6.07) is 9.08. The SMILES string of the molecule is CC(C)C.CC(C)C.CCC/C(=C(/C)c1cc(C(F)(F)F)cc(C(F)(F)F)c1)c1ccccc1C. The van der Waals surface area contributed by atoms with Crippen molar-refractivity contribution in [3.63, 3.8) is 0 Å². The van der Waals surface area contributed by atoms with Gasteiger partial charge in [0.1, 0.15) is 0 Å². The largest absolute Gasteiger partial charge is 0.416 e. The molecule has 2 aromatic carbocycles. The first-order valence-corrected chi connectivity index (χ1v) is 12.0. The maximum absolute atomic E-state index is 13.2. The first kappa shape index (κ1) is 32.8. The highest BCUT2D eigenvalue weighted by atomic mass is 19.4. The van der Waals surface area contributed by atoms with Crippen molar-refractivity contribution in [3.05, 3.63) is 70.3 Å². The van der Waals surface area contributed by atoms with E-state index in [1.165, 1.54) is 0 Å². The van der Waals surface area contributed by atoms with Crippen LogP contribution in [0.15, 0.2) is 42.5 Å². The molecular weight excluding hydrogens is 462 g/mol. The Hall–Kier alpha value is -2.24. The van der Waals surface area contributed by atoms with Crippen LogP contribution >= 0.6 is 0 Å². The predicted molar refractivity (Wildman–Crippen MR) is 136 cm³/mol. The molecule has 35 heavy (non-hydrogen) atoms. The number of benzene rings is 2. The zero-order valence-corrected chi connectivity index (χ0v) is 22.4. The van der Waals surface area contributed by atoms with Gasteiger partial charge in [0.2, 0.25) is 0 Å². The molecule has 0 spiro atoms. The lowest BCUT2D eigenvalue weighted by Gasteiger charge is -2.18. The molecule has 0 aliphatic heterocycles. The molecule has 0 aliphatic carbocycles. The number of alkyl halides is 6. The lowest BCUT2D eigenvalue weighted by Crippen LogP contribution is -2.11. The van der Waals surface area contributed by atoms with Gasteiger partial charge in [-0.15, -0.1) is 0 Å². The van der Waals surface area contributed by atoms with Gasteiger partial charge in [0.25, 0.3) is 0 Å². The van der Waals surface area contributed by atoms with Crippen molar-refractivity contribution < 1.29 is 26.3 Å². The molecule has 0 N–H and O–H groups in total.